The molecule has 2 fully saturated rings. The second kappa shape index (κ2) is 10.5. The second-order valence-corrected chi connectivity index (χ2v) is 10.2. The number of nitrogens with one attached hydrogen (secondary N) is 1. The lowest BCUT2D eigenvalue weighted by Crippen LogP contribution is -2.45. The molecular weight excluding hydrogens is 458 g/mol. The van der Waals surface area contributed by atoms with E-state index in [1.165, 1.54) is 32.8 Å². The number of hydrogen-bond donors (Lipinski definition) is 1. The number of rotatable bonds is 6. The first-order chi connectivity index (χ1) is 17.5. The molecule has 1 aromatic carbocycles. The highest BCUT2D eigenvalue weighted by molar-refractivity contribution is 5.68. The Labute approximate surface area is 212 Å². The summed E-state index contributed by atoms with van der Waals surface area (Å²) in [6, 6.07) is 11.5. The second-order valence-electron chi connectivity index (χ2n) is 10.2. The summed E-state index contributed by atoms with van der Waals surface area (Å²) < 4.78 is 12.3. The molecule has 4 atom stereocenters. The van der Waals surface area contributed by atoms with Crippen molar-refractivity contribution in [2.24, 2.45) is 0 Å². The van der Waals surface area contributed by atoms with E-state index in [0.717, 1.165) is 49.3 Å². The average Bonchev–Trinajstić information content (AvgIpc) is 3.36. The highest BCUT2D eigenvalue weighted by Crippen LogP contribution is 2.43. The number of imidazole rings is 1. The van der Waals surface area contributed by atoms with Crippen LogP contribution in [0.15, 0.2) is 30.3 Å². The summed E-state index contributed by atoms with van der Waals surface area (Å²) in [6.45, 7) is 4.25. The van der Waals surface area contributed by atoms with Crippen molar-refractivity contribution in [3.8, 4) is 0 Å². The van der Waals surface area contributed by atoms with Crippen LogP contribution in [0.5, 0.6) is 0 Å². The third-order valence-corrected chi connectivity index (χ3v) is 8.24. The Bertz CT molecular complexity index is 1070. The Balaban J connectivity index is 1.28. The third kappa shape index (κ3) is 4.81. The minimum Gasteiger partial charge on any atom is -0.453 e. The van der Waals surface area contributed by atoms with Crippen LogP contribution in [0.25, 0.3) is 0 Å². The van der Waals surface area contributed by atoms with Crippen molar-refractivity contribution in [3.63, 3.8) is 0 Å². The Kier molecular flexibility index (Phi) is 7.18. The van der Waals surface area contributed by atoms with Crippen molar-refractivity contribution in [2.75, 3.05) is 27.3 Å². The van der Waals surface area contributed by atoms with E-state index in [1.807, 2.05) is 18.2 Å². The maximum Gasteiger partial charge on any atom is 0.409 e. The zero-order valence-electron chi connectivity index (χ0n) is 21.5. The van der Waals surface area contributed by atoms with Crippen LogP contribution in [0.2, 0.25) is 0 Å². The maximum absolute atomic E-state index is 12.2. The molecule has 0 unspecified atom stereocenters. The van der Waals surface area contributed by atoms with Crippen LogP contribution in [0.3, 0.4) is 0 Å². The number of aromatic nitrogens is 2. The van der Waals surface area contributed by atoms with E-state index in [-0.39, 0.29) is 12.1 Å². The number of ether oxygens (including phenoxy) is 2. The molecule has 3 aliphatic heterocycles. The number of piperidine rings is 1. The number of amides is 2. The molecule has 0 radical (unpaired) electrons. The molecular formula is C27H37N5O4. The number of alkyl carbamates (subject to hydrolysis) is 1. The summed E-state index contributed by atoms with van der Waals surface area (Å²) in [5.74, 6) is 1.05. The van der Waals surface area contributed by atoms with Gasteiger partial charge in [-0.25, -0.2) is 14.6 Å². The molecule has 36 heavy (non-hydrogen) atoms. The number of aryl methyl sites for hydroxylation is 1. The lowest BCUT2D eigenvalue weighted by molar-refractivity contribution is 0.0956. The summed E-state index contributed by atoms with van der Waals surface area (Å²) in [5.41, 5.74) is 3.40. The van der Waals surface area contributed by atoms with E-state index in [0.29, 0.717) is 31.2 Å². The van der Waals surface area contributed by atoms with Gasteiger partial charge in [0.25, 0.3) is 0 Å². The summed E-state index contributed by atoms with van der Waals surface area (Å²) in [7, 11) is 2.85. The Morgan fingerprint density at radius 1 is 1.08 bits per heavy atom. The average molecular weight is 496 g/mol. The van der Waals surface area contributed by atoms with Crippen LogP contribution in [-0.2, 0) is 22.4 Å². The number of hydrogen-bond acceptors (Lipinski definition) is 6. The Hall–Kier alpha value is -3.07. The fourth-order valence-electron chi connectivity index (χ4n) is 6.59. The maximum atomic E-state index is 12.2. The van der Waals surface area contributed by atoms with Crippen LogP contribution in [0.4, 0.5) is 9.59 Å². The van der Waals surface area contributed by atoms with E-state index in [9.17, 15) is 9.59 Å². The molecule has 1 aromatic heterocycles. The van der Waals surface area contributed by atoms with Crippen LogP contribution >= 0.6 is 0 Å². The van der Waals surface area contributed by atoms with Crippen molar-refractivity contribution in [2.45, 2.75) is 76.2 Å². The van der Waals surface area contributed by atoms with Gasteiger partial charge < -0.3 is 24.3 Å². The SMILES string of the molecule is COC(=O)N[C@@H](CCN1[C@@H]2CC[C@H]1C[C@@H](n1c(C)nc3c1CN(C(=O)OC)CC3)C2)c1ccccc1. The molecule has 2 saturated heterocycles. The first-order valence-corrected chi connectivity index (χ1v) is 13.0. The number of benzene rings is 1. The standard InChI is InChI=1S/C27H37N5O4/c1-18-28-24-11-13-30(27(34)36-3)17-25(24)32(18)22-15-20-9-10-21(16-22)31(20)14-12-23(29-26(33)35-2)19-7-5-4-6-8-19/h4-8,20-23H,9-17H2,1-3H3,(H,29,33)/t20-,21+,22+,23-/m0/s1. The number of fused-ring (bicyclic) bond motifs is 3. The normalized spacial score (nSPS) is 24.2. The fourth-order valence-corrected chi connectivity index (χ4v) is 6.59. The molecule has 0 spiro atoms. The summed E-state index contributed by atoms with van der Waals surface area (Å²) in [6.07, 6.45) is 5.51. The molecule has 3 aliphatic rings. The van der Waals surface area contributed by atoms with E-state index < -0.39 is 6.09 Å². The smallest absolute Gasteiger partial charge is 0.409 e. The zero-order valence-corrected chi connectivity index (χ0v) is 21.5. The van der Waals surface area contributed by atoms with Crippen LogP contribution in [-0.4, -0.2) is 70.9 Å². The van der Waals surface area contributed by atoms with Gasteiger partial charge in [0.15, 0.2) is 0 Å². The lowest BCUT2D eigenvalue weighted by Gasteiger charge is -2.41. The molecule has 2 aromatic rings. The summed E-state index contributed by atoms with van der Waals surface area (Å²) in [4.78, 5) is 33.5. The van der Waals surface area contributed by atoms with Gasteiger partial charge in [0.05, 0.1) is 38.2 Å². The predicted molar refractivity (Wildman–Crippen MR) is 135 cm³/mol. The molecule has 4 heterocycles. The Morgan fingerprint density at radius 2 is 1.81 bits per heavy atom. The Morgan fingerprint density at radius 3 is 2.47 bits per heavy atom. The minimum atomic E-state index is -0.396. The summed E-state index contributed by atoms with van der Waals surface area (Å²) >= 11 is 0. The quantitative estimate of drug-likeness (QED) is 0.652. The van der Waals surface area contributed by atoms with Gasteiger partial charge in [0.2, 0.25) is 0 Å². The number of carbonyl (C=O) groups excluding carboxylic acids is 2. The van der Waals surface area contributed by atoms with Crippen molar-refractivity contribution >= 4 is 12.2 Å². The summed E-state index contributed by atoms with van der Waals surface area (Å²) in [5, 5.41) is 3.02. The molecule has 9 nitrogen and oxygen atoms in total. The first-order valence-electron chi connectivity index (χ1n) is 13.0. The van der Waals surface area contributed by atoms with Crippen molar-refractivity contribution < 1.29 is 19.1 Å². The number of nitrogens with zero attached hydrogens (tertiary/aromatic N) is 4. The monoisotopic (exact) mass is 495 g/mol. The largest absolute Gasteiger partial charge is 0.453 e. The van der Waals surface area contributed by atoms with Crippen molar-refractivity contribution in [3.05, 3.63) is 53.1 Å². The lowest BCUT2D eigenvalue weighted by atomic mass is 9.95. The molecule has 194 valence electrons. The molecule has 5 rings (SSSR count). The van der Waals surface area contributed by atoms with Gasteiger partial charge in [-0.1, -0.05) is 30.3 Å². The van der Waals surface area contributed by atoms with Gasteiger partial charge in [-0.15, -0.1) is 0 Å². The van der Waals surface area contributed by atoms with Gasteiger partial charge in [0.1, 0.15) is 5.82 Å². The van der Waals surface area contributed by atoms with Crippen LogP contribution < -0.4 is 5.32 Å². The topological polar surface area (TPSA) is 88.9 Å². The molecule has 0 saturated carbocycles. The van der Waals surface area contributed by atoms with E-state index in [2.05, 4.69) is 33.8 Å². The van der Waals surface area contributed by atoms with Crippen LogP contribution in [0, 0.1) is 6.92 Å². The van der Waals surface area contributed by atoms with Gasteiger partial charge in [-0.3, -0.25) is 4.90 Å². The van der Waals surface area contributed by atoms with Gasteiger partial charge >= 0.3 is 12.2 Å². The number of carbonyl (C=O) groups is 2. The zero-order chi connectivity index (χ0) is 25.2. The highest BCUT2D eigenvalue weighted by atomic mass is 16.5. The van der Waals surface area contributed by atoms with E-state index in [4.69, 9.17) is 14.5 Å². The number of methoxy groups -OCH3 is 2. The van der Waals surface area contributed by atoms with Gasteiger partial charge in [0, 0.05) is 37.6 Å². The molecule has 0 aliphatic carbocycles. The van der Waals surface area contributed by atoms with Gasteiger partial charge in [-0.05, 0) is 44.6 Å². The molecule has 2 amide bonds. The molecule has 2 bridgehead atoms. The third-order valence-electron chi connectivity index (χ3n) is 8.24. The van der Waals surface area contributed by atoms with Crippen molar-refractivity contribution in [1.29, 1.82) is 0 Å². The predicted octanol–water partition coefficient (Wildman–Crippen LogP) is 3.97. The van der Waals surface area contributed by atoms with Crippen LogP contribution in [0.1, 0.15) is 67.0 Å². The molecule has 9 heteroatoms. The first kappa shape index (κ1) is 24.6. The minimum absolute atomic E-state index is 0.0806. The molecule has 1 N–H and O–H groups in total. The highest BCUT2D eigenvalue weighted by Gasteiger charge is 2.42. The fraction of sp³-hybridized carbons (Fsp3) is 0.593. The van der Waals surface area contributed by atoms with E-state index >= 15 is 0 Å². The van der Waals surface area contributed by atoms with E-state index in [1.54, 1.807) is 4.90 Å². The van der Waals surface area contributed by atoms with Gasteiger partial charge in [-0.2, -0.15) is 0 Å². The van der Waals surface area contributed by atoms with Crippen molar-refractivity contribution in [1.82, 2.24) is 24.7 Å².